The predicted molar refractivity (Wildman–Crippen MR) is 117 cm³/mol. The van der Waals surface area contributed by atoms with E-state index in [0.29, 0.717) is 5.56 Å². The van der Waals surface area contributed by atoms with Gasteiger partial charge in [-0.05, 0) is 39.7 Å². The van der Waals surface area contributed by atoms with E-state index in [4.69, 9.17) is 9.47 Å². The molecule has 33 heavy (non-hydrogen) atoms. The Hall–Kier alpha value is -1.96. The summed E-state index contributed by atoms with van der Waals surface area (Å²) >= 11 is 4.66. The number of nitrogens with zero attached hydrogens (tertiary/aromatic N) is 3. The molecule has 1 aromatic carbocycles. The number of pyridine rings is 1. The molecule has 0 amide bonds. The number of hydrogen-bond donors (Lipinski definition) is 2. The van der Waals surface area contributed by atoms with Gasteiger partial charge in [0.05, 0.1) is 12.8 Å². The zero-order valence-electron chi connectivity index (χ0n) is 17.1. The van der Waals surface area contributed by atoms with Gasteiger partial charge in [0.25, 0.3) is 0 Å². The quantitative estimate of drug-likeness (QED) is 0.458. The lowest BCUT2D eigenvalue weighted by Crippen LogP contribution is -2.55. The maximum Gasteiger partial charge on any atom is 0.194 e. The first kappa shape index (κ1) is 24.2. The van der Waals surface area contributed by atoms with Crippen LogP contribution in [0.5, 0.6) is 0 Å². The van der Waals surface area contributed by atoms with Crippen LogP contribution in [0.1, 0.15) is 6.04 Å². The number of aromatic nitrogens is 3. The lowest BCUT2D eigenvalue weighted by Gasteiger charge is -2.43. The number of methoxy groups -OCH3 is 1. The molecule has 0 aliphatic carbocycles. The molecule has 2 aromatic heterocycles. The molecule has 3 aromatic rings. The lowest BCUT2D eigenvalue weighted by molar-refractivity contribution is -0.186. The molecule has 12 heteroatoms. The summed E-state index contributed by atoms with van der Waals surface area (Å²) in [5.74, 6) is -4.20. The second-order valence-corrected chi connectivity index (χ2v) is 9.41. The molecule has 0 saturated carbocycles. The van der Waals surface area contributed by atoms with Crippen molar-refractivity contribution in [2.75, 3.05) is 13.7 Å². The van der Waals surface area contributed by atoms with Gasteiger partial charge in [0.2, 0.25) is 0 Å². The van der Waals surface area contributed by atoms with E-state index in [1.807, 2.05) is 6.07 Å². The zero-order chi connectivity index (χ0) is 23.7. The standard InChI is InChI=1S/C21H19BrF3N3O4S/c1-31-20-18(28-8-11(5-27-28)10-2-14(23)17(25)15(24)3-10)19(30)16(9-29)32-21(20)33-13-4-12(22)6-26-7-13/h2-8,16,18-21,29-30H,9H2,1H3/t16?,18-,19-,20?,21+/m0/s1. The van der Waals surface area contributed by atoms with Gasteiger partial charge in [-0.25, -0.2) is 13.2 Å². The minimum Gasteiger partial charge on any atom is -0.394 e. The Bertz CT molecular complexity index is 1110. The summed E-state index contributed by atoms with van der Waals surface area (Å²) in [6.45, 7) is -0.454. The van der Waals surface area contributed by atoms with Crippen molar-refractivity contribution in [3.8, 4) is 11.1 Å². The van der Waals surface area contributed by atoms with Crippen molar-refractivity contribution in [1.82, 2.24) is 14.8 Å². The van der Waals surface area contributed by atoms with Crippen LogP contribution in [-0.2, 0) is 9.47 Å². The van der Waals surface area contributed by atoms with Crippen molar-refractivity contribution in [1.29, 1.82) is 0 Å². The molecule has 0 radical (unpaired) electrons. The molecular weight excluding hydrogens is 527 g/mol. The minimum atomic E-state index is -1.56. The summed E-state index contributed by atoms with van der Waals surface area (Å²) in [7, 11) is 1.45. The molecule has 7 nitrogen and oxygen atoms in total. The summed E-state index contributed by atoms with van der Waals surface area (Å²) in [5.41, 5.74) is -0.259. The van der Waals surface area contributed by atoms with Crippen LogP contribution in [0, 0.1) is 17.5 Å². The van der Waals surface area contributed by atoms with Crippen molar-refractivity contribution in [3.05, 3.63) is 64.9 Å². The molecule has 1 aliphatic heterocycles. The molecule has 3 heterocycles. The van der Waals surface area contributed by atoms with Crippen molar-refractivity contribution < 1.29 is 32.9 Å². The van der Waals surface area contributed by atoms with E-state index in [1.165, 1.54) is 35.9 Å². The highest BCUT2D eigenvalue weighted by atomic mass is 79.9. The fourth-order valence-electron chi connectivity index (χ4n) is 3.67. The molecule has 2 N–H and O–H groups in total. The third-order valence-corrected chi connectivity index (χ3v) is 6.79. The summed E-state index contributed by atoms with van der Waals surface area (Å²) in [5, 5.41) is 24.9. The number of halogens is 4. The van der Waals surface area contributed by atoms with E-state index in [1.54, 1.807) is 12.4 Å². The van der Waals surface area contributed by atoms with Crippen LogP contribution in [-0.4, -0.2) is 62.4 Å². The molecule has 5 atom stereocenters. The van der Waals surface area contributed by atoms with Crippen molar-refractivity contribution in [2.45, 2.75) is 34.7 Å². The Balaban J connectivity index is 1.67. The third-order valence-electron chi connectivity index (χ3n) is 5.25. The van der Waals surface area contributed by atoms with Crippen molar-refractivity contribution >= 4 is 27.7 Å². The summed E-state index contributed by atoms with van der Waals surface area (Å²) in [6, 6.07) is 2.76. The number of benzene rings is 1. The van der Waals surface area contributed by atoms with E-state index in [2.05, 4.69) is 26.0 Å². The predicted octanol–water partition coefficient (Wildman–Crippen LogP) is 3.55. The van der Waals surface area contributed by atoms with Crippen LogP contribution in [0.25, 0.3) is 11.1 Å². The van der Waals surface area contributed by atoms with Gasteiger partial charge in [-0.1, -0.05) is 11.8 Å². The van der Waals surface area contributed by atoms with Crippen LogP contribution in [0.2, 0.25) is 0 Å². The Morgan fingerprint density at radius 3 is 2.52 bits per heavy atom. The van der Waals surface area contributed by atoms with Crippen LogP contribution < -0.4 is 0 Å². The van der Waals surface area contributed by atoms with Crippen LogP contribution >= 0.6 is 27.7 Å². The first-order valence-corrected chi connectivity index (χ1v) is 11.4. The molecule has 4 rings (SSSR count). The average molecular weight is 546 g/mol. The first-order valence-electron chi connectivity index (χ1n) is 9.75. The fourth-order valence-corrected chi connectivity index (χ4v) is 5.38. The molecule has 2 unspecified atom stereocenters. The van der Waals surface area contributed by atoms with Gasteiger partial charge in [-0.15, -0.1) is 0 Å². The Labute approximate surface area is 199 Å². The van der Waals surface area contributed by atoms with Crippen molar-refractivity contribution in [3.63, 3.8) is 0 Å². The summed E-state index contributed by atoms with van der Waals surface area (Å²) < 4.78 is 54.4. The largest absolute Gasteiger partial charge is 0.394 e. The SMILES string of the molecule is COC1[C@@H](Sc2cncc(Br)c2)OC(CO)[C@H](O)[C@@H]1n1cc(-c2cc(F)c(F)c(F)c2)cn1. The van der Waals surface area contributed by atoms with E-state index < -0.39 is 53.8 Å². The summed E-state index contributed by atoms with van der Waals surface area (Å²) in [6.07, 6.45) is 3.22. The van der Waals surface area contributed by atoms with Crippen LogP contribution in [0.15, 0.2) is 52.4 Å². The molecule has 176 valence electrons. The van der Waals surface area contributed by atoms with Crippen LogP contribution in [0.3, 0.4) is 0 Å². The third kappa shape index (κ3) is 4.96. The number of thioether (sulfide) groups is 1. The number of rotatable bonds is 6. The van der Waals surface area contributed by atoms with Gasteiger partial charge in [0.1, 0.15) is 29.8 Å². The number of hydrogen-bond acceptors (Lipinski definition) is 7. The molecule has 1 aliphatic rings. The van der Waals surface area contributed by atoms with Gasteiger partial charge in [0, 0.05) is 40.6 Å². The van der Waals surface area contributed by atoms with Crippen LogP contribution in [0.4, 0.5) is 13.2 Å². The maximum absolute atomic E-state index is 13.7. The smallest absolute Gasteiger partial charge is 0.194 e. The molecular formula is C21H19BrF3N3O4S. The second-order valence-electron chi connectivity index (χ2n) is 7.33. The fraction of sp³-hybridized carbons (Fsp3) is 0.333. The average Bonchev–Trinajstić information content (AvgIpc) is 3.27. The van der Waals surface area contributed by atoms with Gasteiger partial charge in [-0.2, -0.15) is 5.10 Å². The van der Waals surface area contributed by atoms with E-state index in [9.17, 15) is 23.4 Å². The van der Waals surface area contributed by atoms with E-state index in [-0.39, 0.29) is 5.56 Å². The normalized spacial score (nSPS) is 25.4. The summed E-state index contributed by atoms with van der Waals surface area (Å²) in [4.78, 5) is 4.89. The van der Waals surface area contributed by atoms with Gasteiger partial charge < -0.3 is 19.7 Å². The molecule has 1 saturated heterocycles. The van der Waals surface area contributed by atoms with Gasteiger partial charge in [0.15, 0.2) is 17.5 Å². The highest BCUT2D eigenvalue weighted by Gasteiger charge is 2.47. The highest BCUT2D eigenvalue weighted by molar-refractivity contribution is 9.10. The second kappa shape index (κ2) is 10.1. The first-order chi connectivity index (χ1) is 15.8. The molecule has 0 spiro atoms. The van der Waals surface area contributed by atoms with Gasteiger partial charge in [-0.3, -0.25) is 9.67 Å². The number of ether oxygens (including phenoxy) is 2. The molecule has 0 bridgehead atoms. The molecule has 1 fully saturated rings. The monoisotopic (exact) mass is 545 g/mol. The number of aliphatic hydroxyl groups excluding tert-OH is 2. The maximum atomic E-state index is 13.7. The van der Waals surface area contributed by atoms with E-state index in [0.717, 1.165) is 21.5 Å². The van der Waals surface area contributed by atoms with E-state index >= 15 is 0 Å². The Morgan fingerprint density at radius 2 is 1.88 bits per heavy atom. The zero-order valence-corrected chi connectivity index (χ0v) is 19.5. The Morgan fingerprint density at radius 1 is 1.15 bits per heavy atom. The van der Waals surface area contributed by atoms with Crippen molar-refractivity contribution in [2.24, 2.45) is 0 Å². The highest BCUT2D eigenvalue weighted by Crippen LogP contribution is 2.40. The topological polar surface area (TPSA) is 89.6 Å². The van der Waals surface area contributed by atoms with Gasteiger partial charge >= 0.3 is 0 Å². The number of aliphatic hydroxyl groups is 2. The minimum absolute atomic E-state index is 0.0815. The Kier molecular flexibility index (Phi) is 7.41. The lowest BCUT2D eigenvalue weighted by atomic mass is 9.97.